The van der Waals surface area contributed by atoms with Gasteiger partial charge in [-0.25, -0.2) is 4.39 Å². The highest BCUT2D eigenvalue weighted by Crippen LogP contribution is 2.22. The molecule has 1 atom stereocenters. The van der Waals surface area contributed by atoms with Gasteiger partial charge in [0.05, 0.1) is 10.2 Å². The fourth-order valence-electron chi connectivity index (χ4n) is 3.18. The van der Waals surface area contributed by atoms with Gasteiger partial charge in [0, 0.05) is 12.6 Å². The zero-order chi connectivity index (χ0) is 15.7. The molecule has 1 aliphatic rings. The fourth-order valence-corrected chi connectivity index (χ4v) is 4.08. The smallest absolute Gasteiger partial charge is 0.308 e. The van der Waals surface area contributed by atoms with E-state index in [0.717, 1.165) is 43.6 Å². The molecule has 1 aromatic carbocycles. The van der Waals surface area contributed by atoms with Crippen LogP contribution in [0.2, 0.25) is 0 Å². The monoisotopic (exact) mass is 322 g/mol. The van der Waals surface area contributed by atoms with Crippen LogP contribution >= 0.6 is 11.3 Å². The average molecular weight is 322 g/mol. The minimum absolute atomic E-state index is 0.00120. The van der Waals surface area contributed by atoms with Gasteiger partial charge in [0.25, 0.3) is 0 Å². The molecule has 118 valence electrons. The van der Waals surface area contributed by atoms with Crippen LogP contribution in [0.5, 0.6) is 0 Å². The van der Waals surface area contributed by atoms with E-state index in [1.54, 1.807) is 12.1 Å². The molecule has 0 aliphatic carbocycles. The molecule has 0 spiro atoms. The first-order valence-corrected chi connectivity index (χ1v) is 8.50. The van der Waals surface area contributed by atoms with E-state index in [9.17, 15) is 14.0 Å². The Hall–Kier alpha value is -1.69. The molecule has 0 saturated carbocycles. The number of thiazole rings is 1. The normalized spacial score (nSPS) is 18.8. The van der Waals surface area contributed by atoms with E-state index in [1.807, 2.05) is 4.90 Å². The van der Waals surface area contributed by atoms with E-state index in [4.69, 9.17) is 0 Å². The van der Waals surface area contributed by atoms with Crippen molar-refractivity contribution in [2.45, 2.75) is 45.2 Å². The number of hydrogen-bond acceptors (Lipinski definition) is 3. The largest absolute Gasteiger partial charge is 0.338 e. The predicted molar refractivity (Wildman–Crippen MR) is 85.7 cm³/mol. The van der Waals surface area contributed by atoms with Gasteiger partial charge in [-0.05, 0) is 37.8 Å². The number of carbonyl (C=O) groups excluding carboxylic acids is 1. The Kier molecular flexibility index (Phi) is 4.29. The Morgan fingerprint density at radius 1 is 1.41 bits per heavy atom. The molecule has 0 radical (unpaired) electrons. The summed E-state index contributed by atoms with van der Waals surface area (Å²) in [5.41, 5.74) is 0.508. The molecule has 1 aliphatic heterocycles. The van der Waals surface area contributed by atoms with Crippen molar-refractivity contribution in [3.8, 4) is 0 Å². The van der Waals surface area contributed by atoms with Crippen molar-refractivity contribution in [3.05, 3.63) is 33.7 Å². The second-order valence-corrected chi connectivity index (χ2v) is 6.65. The van der Waals surface area contributed by atoms with E-state index in [2.05, 4.69) is 6.92 Å². The topological polar surface area (TPSA) is 42.3 Å². The highest BCUT2D eigenvalue weighted by atomic mass is 32.1. The summed E-state index contributed by atoms with van der Waals surface area (Å²) < 4.78 is 15.5. The predicted octanol–water partition coefficient (Wildman–Crippen LogP) is 2.99. The summed E-state index contributed by atoms with van der Waals surface area (Å²) in [6, 6.07) is 4.86. The highest BCUT2D eigenvalue weighted by Gasteiger charge is 2.26. The second-order valence-electron chi connectivity index (χ2n) is 5.69. The number of halogens is 1. The van der Waals surface area contributed by atoms with Gasteiger partial charge < -0.3 is 4.90 Å². The maximum atomic E-state index is 13.8. The van der Waals surface area contributed by atoms with Crippen molar-refractivity contribution < 1.29 is 9.18 Å². The van der Waals surface area contributed by atoms with Gasteiger partial charge in [-0.2, -0.15) is 0 Å². The molecule has 6 heteroatoms. The molecule has 1 saturated heterocycles. The molecule has 0 bridgehead atoms. The molecular formula is C16H19FN2O2S. The summed E-state index contributed by atoms with van der Waals surface area (Å²) in [6.45, 7) is 2.83. The van der Waals surface area contributed by atoms with E-state index in [-0.39, 0.29) is 23.4 Å². The number of aromatic nitrogens is 1. The first kappa shape index (κ1) is 15.2. The summed E-state index contributed by atoms with van der Waals surface area (Å²) in [6.07, 6.45) is 4.11. The Labute approximate surface area is 132 Å². The van der Waals surface area contributed by atoms with Gasteiger partial charge >= 0.3 is 4.87 Å². The number of amides is 1. The standard InChI is InChI=1S/C16H19FN2O2S/c1-2-11-6-3-4-9-18(11)14(20)10-19-13-8-5-7-12(17)15(13)22-16(19)21/h5,7-8,11H,2-4,6,9-10H2,1H3. The Bertz CT molecular complexity index is 752. The number of likely N-dealkylation sites (tertiary alicyclic amines) is 1. The molecule has 2 aromatic rings. The third kappa shape index (κ3) is 2.67. The van der Waals surface area contributed by atoms with Crippen LogP contribution in [0, 0.1) is 5.82 Å². The molecule has 22 heavy (non-hydrogen) atoms. The Morgan fingerprint density at radius 2 is 2.23 bits per heavy atom. The zero-order valence-corrected chi connectivity index (χ0v) is 13.4. The quantitative estimate of drug-likeness (QED) is 0.872. The van der Waals surface area contributed by atoms with Gasteiger partial charge in [-0.15, -0.1) is 0 Å². The summed E-state index contributed by atoms with van der Waals surface area (Å²) in [5.74, 6) is -0.451. The molecule has 3 rings (SSSR count). The maximum absolute atomic E-state index is 13.8. The molecule has 1 aromatic heterocycles. The van der Waals surface area contributed by atoms with Crippen molar-refractivity contribution in [3.63, 3.8) is 0 Å². The first-order chi connectivity index (χ1) is 10.6. The van der Waals surface area contributed by atoms with E-state index < -0.39 is 5.82 Å². The lowest BCUT2D eigenvalue weighted by atomic mass is 10.00. The van der Waals surface area contributed by atoms with E-state index in [1.165, 1.54) is 10.6 Å². The van der Waals surface area contributed by atoms with Crippen LogP contribution in [0.1, 0.15) is 32.6 Å². The van der Waals surface area contributed by atoms with Crippen LogP contribution < -0.4 is 4.87 Å². The van der Waals surface area contributed by atoms with Crippen molar-refractivity contribution in [2.75, 3.05) is 6.54 Å². The molecule has 1 amide bonds. The van der Waals surface area contributed by atoms with Crippen molar-refractivity contribution >= 4 is 27.5 Å². The minimum Gasteiger partial charge on any atom is -0.338 e. The molecule has 1 unspecified atom stereocenters. The summed E-state index contributed by atoms with van der Waals surface area (Å²) in [7, 11) is 0. The third-order valence-electron chi connectivity index (χ3n) is 4.36. The number of fused-ring (bicyclic) bond motifs is 1. The number of hydrogen-bond donors (Lipinski definition) is 0. The van der Waals surface area contributed by atoms with Crippen LogP contribution in [-0.4, -0.2) is 28.0 Å². The summed E-state index contributed by atoms with van der Waals surface area (Å²) in [5, 5.41) is 0. The lowest BCUT2D eigenvalue weighted by molar-refractivity contribution is -0.135. The van der Waals surface area contributed by atoms with Gasteiger partial charge in [-0.1, -0.05) is 24.3 Å². The van der Waals surface area contributed by atoms with Crippen LogP contribution in [0.4, 0.5) is 4.39 Å². The molecular weight excluding hydrogens is 303 g/mol. The maximum Gasteiger partial charge on any atom is 0.308 e. The van der Waals surface area contributed by atoms with E-state index >= 15 is 0 Å². The number of rotatable bonds is 3. The number of benzene rings is 1. The molecule has 2 heterocycles. The van der Waals surface area contributed by atoms with Gasteiger partial charge in [0.2, 0.25) is 5.91 Å². The first-order valence-electron chi connectivity index (χ1n) is 7.69. The van der Waals surface area contributed by atoms with Gasteiger partial charge in [0.15, 0.2) is 0 Å². The molecule has 4 nitrogen and oxygen atoms in total. The van der Waals surface area contributed by atoms with Crippen LogP contribution in [0.3, 0.4) is 0 Å². The van der Waals surface area contributed by atoms with Crippen LogP contribution in [0.25, 0.3) is 10.2 Å². The Balaban J connectivity index is 1.89. The van der Waals surface area contributed by atoms with Crippen LogP contribution in [-0.2, 0) is 11.3 Å². The van der Waals surface area contributed by atoms with Crippen LogP contribution in [0.15, 0.2) is 23.0 Å². The molecule has 1 fully saturated rings. The second kappa shape index (κ2) is 6.20. The lowest BCUT2D eigenvalue weighted by Gasteiger charge is -2.35. The number of piperidine rings is 1. The van der Waals surface area contributed by atoms with Crippen molar-refractivity contribution in [1.29, 1.82) is 0 Å². The zero-order valence-electron chi connectivity index (χ0n) is 12.5. The van der Waals surface area contributed by atoms with Crippen molar-refractivity contribution in [1.82, 2.24) is 9.47 Å². The van der Waals surface area contributed by atoms with Crippen molar-refractivity contribution in [2.24, 2.45) is 0 Å². The lowest BCUT2D eigenvalue weighted by Crippen LogP contribution is -2.45. The highest BCUT2D eigenvalue weighted by molar-refractivity contribution is 7.16. The third-order valence-corrected chi connectivity index (χ3v) is 5.36. The fraction of sp³-hybridized carbons (Fsp3) is 0.500. The molecule has 0 N–H and O–H groups in total. The minimum atomic E-state index is -0.407. The van der Waals surface area contributed by atoms with Gasteiger partial charge in [-0.3, -0.25) is 14.2 Å². The SMILES string of the molecule is CCC1CCCCN1C(=O)Cn1c(=O)sc2c(F)cccc21. The van der Waals surface area contributed by atoms with Gasteiger partial charge in [0.1, 0.15) is 12.4 Å². The van der Waals surface area contributed by atoms with E-state index in [0.29, 0.717) is 10.2 Å². The number of carbonyl (C=O) groups is 1. The summed E-state index contributed by atoms with van der Waals surface area (Å²) >= 11 is 0.862. The average Bonchev–Trinajstić information content (AvgIpc) is 2.85. The number of nitrogens with zero attached hydrogens (tertiary/aromatic N) is 2. The summed E-state index contributed by atoms with van der Waals surface area (Å²) in [4.78, 5) is 26.3. The Morgan fingerprint density at radius 3 is 3.00 bits per heavy atom.